The molecule has 2 rings (SSSR count). The highest BCUT2D eigenvalue weighted by molar-refractivity contribution is 7.09. The lowest BCUT2D eigenvalue weighted by atomic mass is 10.0. The van der Waals surface area contributed by atoms with Crippen molar-refractivity contribution in [2.75, 3.05) is 7.05 Å². The number of thiazole rings is 1. The summed E-state index contributed by atoms with van der Waals surface area (Å²) in [5.74, 6) is 0. The first-order chi connectivity index (χ1) is 7.90. The number of benzene rings is 1. The Morgan fingerprint density at radius 1 is 1.31 bits per heavy atom. The maximum atomic E-state index is 4.10. The van der Waals surface area contributed by atoms with Crippen molar-refractivity contribution in [1.29, 1.82) is 0 Å². The number of hydrogen-bond donors (Lipinski definition) is 1. The van der Waals surface area contributed by atoms with Gasteiger partial charge in [-0.1, -0.05) is 30.3 Å². The number of rotatable bonds is 5. The predicted octanol–water partition coefficient (Wildman–Crippen LogP) is 3.04. The van der Waals surface area contributed by atoms with Crippen molar-refractivity contribution < 1.29 is 0 Å². The zero-order valence-electron chi connectivity index (χ0n) is 9.39. The van der Waals surface area contributed by atoms with E-state index in [2.05, 4.69) is 40.6 Å². The van der Waals surface area contributed by atoms with Gasteiger partial charge in [0.1, 0.15) is 0 Å². The largest absolute Gasteiger partial charge is 0.313 e. The van der Waals surface area contributed by atoms with Gasteiger partial charge >= 0.3 is 0 Å². The van der Waals surface area contributed by atoms with Crippen molar-refractivity contribution in [2.24, 2.45) is 0 Å². The highest BCUT2D eigenvalue weighted by atomic mass is 32.1. The first kappa shape index (κ1) is 11.3. The minimum atomic E-state index is 0.434. The summed E-state index contributed by atoms with van der Waals surface area (Å²) in [4.78, 5) is 5.45. The quantitative estimate of drug-likeness (QED) is 0.857. The van der Waals surface area contributed by atoms with E-state index in [-0.39, 0.29) is 0 Å². The molecule has 1 atom stereocenters. The average Bonchev–Trinajstić information content (AvgIpc) is 2.84. The molecule has 16 heavy (non-hydrogen) atoms. The van der Waals surface area contributed by atoms with Crippen molar-refractivity contribution in [3.8, 4) is 0 Å². The molecule has 3 heteroatoms. The molecule has 2 nitrogen and oxygen atoms in total. The third-order valence-corrected chi connectivity index (χ3v) is 3.55. The smallest absolute Gasteiger partial charge is 0.0794 e. The van der Waals surface area contributed by atoms with Crippen LogP contribution < -0.4 is 5.32 Å². The van der Waals surface area contributed by atoms with Gasteiger partial charge < -0.3 is 5.32 Å². The maximum absolute atomic E-state index is 4.10. The summed E-state index contributed by atoms with van der Waals surface area (Å²) in [6, 6.07) is 11.0. The summed E-state index contributed by atoms with van der Waals surface area (Å²) in [5.41, 5.74) is 3.25. The van der Waals surface area contributed by atoms with Crippen LogP contribution >= 0.6 is 11.3 Å². The van der Waals surface area contributed by atoms with Crippen molar-refractivity contribution in [2.45, 2.75) is 18.9 Å². The molecule has 0 aliphatic rings. The fourth-order valence-electron chi connectivity index (χ4n) is 1.82. The Balaban J connectivity index is 1.96. The molecular weight excluding hydrogens is 216 g/mol. The van der Waals surface area contributed by atoms with Gasteiger partial charge in [0.2, 0.25) is 0 Å². The van der Waals surface area contributed by atoms with Gasteiger partial charge in [0.05, 0.1) is 5.51 Å². The molecule has 2 aromatic rings. The minimum absolute atomic E-state index is 0.434. The van der Waals surface area contributed by atoms with Crippen LogP contribution in [0.15, 0.2) is 42.0 Å². The van der Waals surface area contributed by atoms with E-state index < -0.39 is 0 Å². The van der Waals surface area contributed by atoms with Crippen molar-refractivity contribution in [1.82, 2.24) is 10.3 Å². The lowest BCUT2D eigenvalue weighted by molar-refractivity contribution is 0.551. The van der Waals surface area contributed by atoms with E-state index >= 15 is 0 Å². The second kappa shape index (κ2) is 5.77. The first-order valence-electron chi connectivity index (χ1n) is 5.49. The second-order valence-electron chi connectivity index (χ2n) is 3.76. The van der Waals surface area contributed by atoms with Gasteiger partial charge in [0.15, 0.2) is 0 Å². The molecule has 0 fully saturated rings. The summed E-state index contributed by atoms with van der Waals surface area (Å²) in [6.45, 7) is 0. The normalized spacial score (nSPS) is 12.6. The molecule has 0 aliphatic heterocycles. The van der Waals surface area contributed by atoms with Crippen LogP contribution in [0.2, 0.25) is 0 Å². The average molecular weight is 232 g/mol. The van der Waals surface area contributed by atoms with Gasteiger partial charge in [0, 0.05) is 17.1 Å². The van der Waals surface area contributed by atoms with Crippen LogP contribution in [-0.4, -0.2) is 12.0 Å². The fourth-order valence-corrected chi connectivity index (χ4v) is 2.43. The van der Waals surface area contributed by atoms with Gasteiger partial charge in [-0.15, -0.1) is 11.3 Å². The zero-order valence-corrected chi connectivity index (χ0v) is 10.2. The number of aromatic nitrogens is 1. The Kier molecular flexibility index (Phi) is 4.08. The molecule has 1 heterocycles. The Bertz CT molecular complexity index is 397. The number of hydrogen-bond acceptors (Lipinski definition) is 3. The molecule has 1 aromatic carbocycles. The molecule has 0 radical (unpaired) electrons. The monoisotopic (exact) mass is 232 g/mol. The third kappa shape index (κ3) is 2.90. The Morgan fingerprint density at radius 2 is 2.12 bits per heavy atom. The maximum Gasteiger partial charge on any atom is 0.0794 e. The van der Waals surface area contributed by atoms with Gasteiger partial charge in [-0.3, -0.25) is 4.98 Å². The SMILES string of the molecule is CNC(CCc1cncs1)c1ccccc1. The third-order valence-electron chi connectivity index (χ3n) is 2.71. The van der Waals surface area contributed by atoms with E-state index in [1.807, 2.05) is 18.8 Å². The van der Waals surface area contributed by atoms with Gasteiger partial charge in [-0.2, -0.15) is 0 Å². The number of nitrogens with zero attached hydrogens (tertiary/aromatic N) is 1. The standard InChI is InChI=1S/C13H16N2S/c1-14-13(11-5-3-2-4-6-11)8-7-12-9-15-10-16-12/h2-6,9-10,13-14H,7-8H2,1H3. The summed E-state index contributed by atoms with van der Waals surface area (Å²) in [5, 5.41) is 3.36. The number of aryl methyl sites for hydroxylation is 1. The Hall–Kier alpha value is -1.19. The van der Waals surface area contributed by atoms with Crippen LogP contribution in [0.25, 0.3) is 0 Å². The van der Waals surface area contributed by atoms with E-state index in [0.29, 0.717) is 6.04 Å². The van der Waals surface area contributed by atoms with Crippen LogP contribution in [-0.2, 0) is 6.42 Å². The molecule has 1 unspecified atom stereocenters. The lowest BCUT2D eigenvalue weighted by Crippen LogP contribution is -2.16. The molecule has 0 amide bonds. The van der Waals surface area contributed by atoms with Gasteiger partial charge in [-0.25, -0.2) is 0 Å². The van der Waals surface area contributed by atoms with Crippen LogP contribution in [0.1, 0.15) is 22.9 Å². The van der Waals surface area contributed by atoms with E-state index in [1.54, 1.807) is 11.3 Å². The summed E-state index contributed by atoms with van der Waals surface area (Å²) in [6.07, 6.45) is 4.16. The second-order valence-corrected chi connectivity index (χ2v) is 4.73. The van der Waals surface area contributed by atoms with E-state index in [4.69, 9.17) is 0 Å². The van der Waals surface area contributed by atoms with Crippen molar-refractivity contribution >= 4 is 11.3 Å². The van der Waals surface area contributed by atoms with Gasteiger partial charge in [-0.05, 0) is 25.5 Å². The lowest BCUT2D eigenvalue weighted by Gasteiger charge is -2.15. The molecule has 0 spiro atoms. The van der Waals surface area contributed by atoms with Crippen molar-refractivity contribution in [3.63, 3.8) is 0 Å². The van der Waals surface area contributed by atoms with Crippen LogP contribution in [0.5, 0.6) is 0 Å². The molecular formula is C13H16N2S. The van der Waals surface area contributed by atoms with Crippen molar-refractivity contribution in [3.05, 3.63) is 52.5 Å². The summed E-state index contributed by atoms with van der Waals surface area (Å²) >= 11 is 1.73. The van der Waals surface area contributed by atoms with E-state index in [0.717, 1.165) is 12.8 Å². The molecule has 1 aromatic heterocycles. The topological polar surface area (TPSA) is 24.9 Å². The Labute approximate surface area is 100 Å². The molecule has 0 saturated carbocycles. The molecule has 0 bridgehead atoms. The fraction of sp³-hybridized carbons (Fsp3) is 0.308. The highest BCUT2D eigenvalue weighted by Crippen LogP contribution is 2.19. The molecule has 0 aliphatic carbocycles. The molecule has 0 saturated heterocycles. The van der Waals surface area contributed by atoms with E-state index in [9.17, 15) is 0 Å². The molecule has 84 valence electrons. The van der Waals surface area contributed by atoms with Crippen LogP contribution in [0.3, 0.4) is 0 Å². The summed E-state index contributed by atoms with van der Waals surface area (Å²) in [7, 11) is 2.02. The minimum Gasteiger partial charge on any atom is -0.313 e. The zero-order chi connectivity index (χ0) is 11.2. The predicted molar refractivity (Wildman–Crippen MR) is 68.7 cm³/mol. The highest BCUT2D eigenvalue weighted by Gasteiger charge is 2.08. The number of nitrogens with one attached hydrogen (secondary N) is 1. The summed E-state index contributed by atoms with van der Waals surface area (Å²) < 4.78 is 0. The first-order valence-corrected chi connectivity index (χ1v) is 6.37. The van der Waals surface area contributed by atoms with Gasteiger partial charge in [0.25, 0.3) is 0 Å². The molecule has 1 N–H and O–H groups in total. The van der Waals surface area contributed by atoms with Crippen LogP contribution in [0.4, 0.5) is 0 Å². The van der Waals surface area contributed by atoms with Crippen LogP contribution in [0, 0.1) is 0 Å². The Morgan fingerprint density at radius 3 is 2.75 bits per heavy atom. The van der Waals surface area contributed by atoms with E-state index in [1.165, 1.54) is 10.4 Å².